The fourth-order valence-electron chi connectivity index (χ4n) is 3.03. The van der Waals surface area contributed by atoms with Gasteiger partial charge >= 0.3 is 0 Å². The number of ether oxygens (including phenoxy) is 1. The average Bonchev–Trinajstić information content (AvgIpc) is 2.78. The van der Waals surface area contributed by atoms with E-state index in [2.05, 4.69) is 22.2 Å². The van der Waals surface area contributed by atoms with Crippen molar-refractivity contribution in [3.8, 4) is 17.0 Å². The minimum absolute atomic E-state index is 0.0501. The van der Waals surface area contributed by atoms with Crippen molar-refractivity contribution in [2.75, 3.05) is 11.9 Å². The summed E-state index contributed by atoms with van der Waals surface area (Å²) in [6.07, 6.45) is 2.68. The molecule has 5 heteroatoms. The van der Waals surface area contributed by atoms with Gasteiger partial charge in [0.25, 0.3) is 5.91 Å². The van der Waals surface area contributed by atoms with E-state index < -0.39 is 0 Å². The normalized spacial score (nSPS) is 10.7. The number of amides is 1. The van der Waals surface area contributed by atoms with Gasteiger partial charge in [0, 0.05) is 11.3 Å². The molecule has 1 N–H and O–H groups in total. The van der Waals surface area contributed by atoms with Crippen molar-refractivity contribution in [1.29, 1.82) is 0 Å². The average molecular weight is 383 g/mol. The number of para-hydroxylation sites is 2. The number of fused-ring (bicyclic) bond motifs is 1. The smallest absolute Gasteiger partial charge is 0.262 e. The lowest BCUT2D eigenvalue weighted by Crippen LogP contribution is -2.20. The largest absolute Gasteiger partial charge is 0.484 e. The van der Waals surface area contributed by atoms with Crippen molar-refractivity contribution in [1.82, 2.24) is 9.97 Å². The second-order valence-corrected chi connectivity index (χ2v) is 6.66. The van der Waals surface area contributed by atoms with Crippen LogP contribution in [-0.2, 0) is 11.2 Å². The number of carbonyl (C=O) groups excluding carboxylic acids is 1. The van der Waals surface area contributed by atoms with E-state index in [9.17, 15) is 4.79 Å². The molecule has 144 valence electrons. The van der Waals surface area contributed by atoms with Crippen LogP contribution in [0.1, 0.15) is 12.5 Å². The van der Waals surface area contributed by atoms with Crippen LogP contribution in [0.3, 0.4) is 0 Å². The summed E-state index contributed by atoms with van der Waals surface area (Å²) in [6, 6.07) is 23.1. The van der Waals surface area contributed by atoms with E-state index in [0.717, 1.165) is 34.4 Å². The first-order valence-corrected chi connectivity index (χ1v) is 9.55. The number of rotatable bonds is 6. The van der Waals surface area contributed by atoms with Crippen molar-refractivity contribution < 1.29 is 9.53 Å². The molecule has 0 atom stereocenters. The van der Waals surface area contributed by atoms with Gasteiger partial charge in [-0.1, -0.05) is 31.2 Å². The molecule has 29 heavy (non-hydrogen) atoms. The molecule has 0 fully saturated rings. The highest BCUT2D eigenvalue weighted by atomic mass is 16.5. The highest BCUT2D eigenvalue weighted by Crippen LogP contribution is 2.22. The van der Waals surface area contributed by atoms with E-state index in [0.29, 0.717) is 5.75 Å². The summed E-state index contributed by atoms with van der Waals surface area (Å²) >= 11 is 0. The van der Waals surface area contributed by atoms with Gasteiger partial charge < -0.3 is 10.1 Å². The summed E-state index contributed by atoms with van der Waals surface area (Å²) in [5.74, 6) is 0.433. The quantitative estimate of drug-likeness (QED) is 0.516. The zero-order valence-corrected chi connectivity index (χ0v) is 16.1. The van der Waals surface area contributed by atoms with E-state index in [-0.39, 0.29) is 12.5 Å². The summed E-state index contributed by atoms with van der Waals surface area (Å²) in [5.41, 5.74) is 5.42. The van der Waals surface area contributed by atoms with Crippen LogP contribution in [0, 0.1) is 0 Å². The molecule has 0 aliphatic carbocycles. The Morgan fingerprint density at radius 2 is 1.76 bits per heavy atom. The molecule has 5 nitrogen and oxygen atoms in total. The number of aryl methyl sites for hydroxylation is 1. The van der Waals surface area contributed by atoms with E-state index in [1.165, 1.54) is 5.56 Å². The topological polar surface area (TPSA) is 64.1 Å². The molecule has 0 aliphatic heterocycles. The van der Waals surface area contributed by atoms with Gasteiger partial charge in [0.05, 0.1) is 22.9 Å². The minimum Gasteiger partial charge on any atom is -0.484 e. The van der Waals surface area contributed by atoms with E-state index in [4.69, 9.17) is 4.74 Å². The maximum Gasteiger partial charge on any atom is 0.262 e. The molecule has 0 unspecified atom stereocenters. The first kappa shape index (κ1) is 18.6. The molecule has 0 aliphatic rings. The molecule has 0 radical (unpaired) electrons. The lowest BCUT2D eigenvalue weighted by Gasteiger charge is -2.09. The van der Waals surface area contributed by atoms with E-state index >= 15 is 0 Å². The number of benzene rings is 3. The molecule has 0 saturated carbocycles. The van der Waals surface area contributed by atoms with Crippen LogP contribution in [0.2, 0.25) is 0 Å². The van der Waals surface area contributed by atoms with Crippen LogP contribution in [-0.4, -0.2) is 22.5 Å². The fourth-order valence-corrected chi connectivity index (χ4v) is 3.03. The zero-order valence-electron chi connectivity index (χ0n) is 16.1. The van der Waals surface area contributed by atoms with Crippen LogP contribution in [0.5, 0.6) is 5.75 Å². The maximum atomic E-state index is 12.1. The molecule has 0 saturated heterocycles. The first-order chi connectivity index (χ1) is 14.2. The van der Waals surface area contributed by atoms with Gasteiger partial charge in [-0.05, 0) is 60.5 Å². The second kappa shape index (κ2) is 8.52. The lowest BCUT2D eigenvalue weighted by molar-refractivity contribution is -0.118. The van der Waals surface area contributed by atoms with Gasteiger partial charge in [0.2, 0.25) is 0 Å². The third kappa shape index (κ3) is 4.58. The van der Waals surface area contributed by atoms with Crippen molar-refractivity contribution in [2.45, 2.75) is 13.3 Å². The predicted octanol–water partition coefficient (Wildman–Crippen LogP) is 4.88. The molecule has 1 amide bonds. The first-order valence-electron chi connectivity index (χ1n) is 9.55. The van der Waals surface area contributed by atoms with Crippen LogP contribution in [0.15, 0.2) is 79.0 Å². The Bertz CT molecular complexity index is 1140. The van der Waals surface area contributed by atoms with Gasteiger partial charge in [0.1, 0.15) is 5.75 Å². The molecule has 1 aromatic heterocycles. The molecule has 0 spiro atoms. The fraction of sp³-hybridized carbons (Fsp3) is 0.125. The SMILES string of the molecule is CCc1cccc(NC(=O)COc2ccc(-c3cnc4ccccc4n3)cc2)c1. The van der Waals surface area contributed by atoms with Crippen molar-refractivity contribution >= 4 is 22.6 Å². The summed E-state index contributed by atoms with van der Waals surface area (Å²) in [7, 11) is 0. The molecule has 0 bridgehead atoms. The Kier molecular flexibility index (Phi) is 5.47. The molecular formula is C24H21N3O2. The van der Waals surface area contributed by atoms with Crippen LogP contribution >= 0.6 is 0 Å². The Balaban J connectivity index is 1.38. The summed E-state index contributed by atoms with van der Waals surface area (Å²) in [4.78, 5) is 21.2. The summed E-state index contributed by atoms with van der Waals surface area (Å²) in [5, 5.41) is 2.86. The van der Waals surface area contributed by atoms with Gasteiger partial charge in [-0.2, -0.15) is 0 Å². The van der Waals surface area contributed by atoms with Crippen LogP contribution in [0.25, 0.3) is 22.3 Å². The lowest BCUT2D eigenvalue weighted by atomic mass is 10.1. The van der Waals surface area contributed by atoms with E-state index in [1.807, 2.05) is 72.8 Å². The van der Waals surface area contributed by atoms with Gasteiger partial charge in [-0.25, -0.2) is 4.98 Å². The Morgan fingerprint density at radius 3 is 2.55 bits per heavy atom. The molecule has 4 aromatic rings. The van der Waals surface area contributed by atoms with Crippen molar-refractivity contribution in [3.63, 3.8) is 0 Å². The maximum absolute atomic E-state index is 12.1. The predicted molar refractivity (Wildman–Crippen MR) is 115 cm³/mol. The van der Waals surface area contributed by atoms with Crippen molar-refractivity contribution in [2.24, 2.45) is 0 Å². The standard InChI is InChI=1S/C24H21N3O2/c1-2-17-6-5-7-19(14-17)26-24(28)16-29-20-12-10-18(11-13-20)23-15-25-21-8-3-4-9-22(21)27-23/h3-15H,2,16H2,1H3,(H,26,28). The highest BCUT2D eigenvalue weighted by Gasteiger charge is 2.06. The van der Waals surface area contributed by atoms with Gasteiger partial charge in [0.15, 0.2) is 6.61 Å². The highest BCUT2D eigenvalue weighted by molar-refractivity contribution is 5.92. The van der Waals surface area contributed by atoms with E-state index in [1.54, 1.807) is 6.20 Å². The van der Waals surface area contributed by atoms with Crippen LogP contribution < -0.4 is 10.1 Å². The Labute approximate surface area is 169 Å². The number of nitrogens with zero attached hydrogens (tertiary/aromatic N) is 2. The zero-order chi connectivity index (χ0) is 20.1. The molecule has 4 rings (SSSR count). The van der Waals surface area contributed by atoms with Gasteiger partial charge in [-0.3, -0.25) is 9.78 Å². The third-order valence-corrected chi connectivity index (χ3v) is 4.59. The third-order valence-electron chi connectivity index (χ3n) is 4.59. The Morgan fingerprint density at radius 1 is 0.966 bits per heavy atom. The molecule has 1 heterocycles. The second-order valence-electron chi connectivity index (χ2n) is 6.66. The number of aromatic nitrogens is 2. The number of anilines is 1. The Hall–Kier alpha value is -3.73. The molecule has 3 aromatic carbocycles. The minimum atomic E-state index is -0.192. The molecular weight excluding hydrogens is 362 g/mol. The number of hydrogen-bond donors (Lipinski definition) is 1. The number of hydrogen-bond acceptors (Lipinski definition) is 4. The van der Waals surface area contributed by atoms with Gasteiger partial charge in [-0.15, -0.1) is 0 Å². The van der Waals surface area contributed by atoms with Crippen LogP contribution in [0.4, 0.5) is 5.69 Å². The number of nitrogens with one attached hydrogen (secondary N) is 1. The monoisotopic (exact) mass is 383 g/mol. The summed E-state index contributed by atoms with van der Waals surface area (Å²) in [6.45, 7) is 2.03. The number of carbonyl (C=O) groups is 1. The van der Waals surface area contributed by atoms with Crippen molar-refractivity contribution in [3.05, 3.63) is 84.6 Å². The summed E-state index contributed by atoms with van der Waals surface area (Å²) < 4.78 is 5.61.